The van der Waals surface area contributed by atoms with Crippen molar-refractivity contribution in [2.45, 2.75) is 53.4 Å². The van der Waals surface area contributed by atoms with Gasteiger partial charge in [0.2, 0.25) is 0 Å². The Labute approximate surface area is 164 Å². The molecule has 0 atom stereocenters. The number of H-pyrrole nitrogens is 1. The summed E-state index contributed by atoms with van der Waals surface area (Å²) in [7, 11) is -2.88. The maximum Gasteiger partial charge on any atom is 0.500 e. The van der Waals surface area contributed by atoms with E-state index < -0.39 is 25.9 Å². The number of ether oxygens (including phenoxy) is 2. The molecule has 1 N–H and O–H groups in total. The number of aromatic amines is 1. The first-order chi connectivity index (χ1) is 13.4. The minimum absolute atomic E-state index is 0.0628. The van der Waals surface area contributed by atoms with Crippen molar-refractivity contribution in [3.63, 3.8) is 0 Å². The highest BCUT2D eigenvalue weighted by atomic mass is 28.4. The first-order valence-electron chi connectivity index (χ1n) is 9.45. The van der Waals surface area contributed by atoms with E-state index in [2.05, 4.69) is 4.98 Å². The first kappa shape index (κ1) is 24.5. The molecule has 12 heteroatoms. The molecular weight excluding hydrogens is 390 g/mol. The van der Waals surface area contributed by atoms with Crippen LogP contribution in [0.4, 0.5) is 0 Å². The maximum atomic E-state index is 12.5. The average Bonchev–Trinajstić information content (AvgIpc) is 2.64. The summed E-state index contributed by atoms with van der Waals surface area (Å²) in [5, 5.41) is 0. The van der Waals surface area contributed by atoms with E-state index in [0.717, 1.165) is 9.13 Å². The highest BCUT2D eigenvalue weighted by molar-refractivity contribution is 6.60. The summed E-state index contributed by atoms with van der Waals surface area (Å²) in [6, 6.07) is 0.439. The molecule has 0 amide bonds. The van der Waals surface area contributed by atoms with Crippen LogP contribution in [0.5, 0.6) is 0 Å². The molecule has 0 radical (unpaired) electrons. The molecule has 11 nitrogen and oxygen atoms in total. The molecule has 0 saturated heterocycles. The number of rotatable bonds is 15. The van der Waals surface area contributed by atoms with E-state index in [1.165, 1.54) is 0 Å². The molecule has 0 aliphatic carbocycles. The second kappa shape index (κ2) is 12.8. The Balaban J connectivity index is 2.91. The van der Waals surface area contributed by atoms with Crippen LogP contribution in [0.1, 0.15) is 34.1 Å². The number of nitrogens with one attached hydrogen (secondary N) is 1. The zero-order chi connectivity index (χ0) is 21.0. The molecule has 1 rings (SSSR count). The molecule has 28 heavy (non-hydrogen) atoms. The second-order valence-corrected chi connectivity index (χ2v) is 8.36. The molecule has 0 unspecified atom stereocenters. The lowest BCUT2D eigenvalue weighted by Gasteiger charge is -2.28. The van der Waals surface area contributed by atoms with Gasteiger partial charge in [-0.1, -0.05) is 0 Å². The van der Waals surface area contributed by atoms with Gasteiger partial charge in [0.1, 0.15) is 13.5 Å². The third-order valence-corrected chi connectivity index (χ3v) is 6.87. The van der Waals surface area contributed by atoms with E-state index in [1.54, 1.807) is 6.92 Å². The zero-order valence-corrected chi connectivity index (χ0v) is 18.0. The van der Waals surface area contributed by atoms with Crippen molar-refractivity contribution in [2.24, 2.45) is 0 Å². The molecule has 0 aromatic carbocycles. The number of nitrogens with zero attached hydrogens (tertiary/aromatic N) is 2. The molecule has 162 valence electrons. The lowest BCUT2D eigenvalue weighted by Crippen LogP contribution is -2.50. The number of hydrogen-bond acceptors (Lipinski definition) is 8. The third kappa shape index (κ3) is 7.11. The summed E-state index contributed by atoms with van der Waals surface area (Å²) in [6.45, 7) is 8.82. The fourth-order valence-corrected chi connectivity index (χ4v) is 5.18. The number of hydrogen-bond donors (Lipinski definition) is 1. The largest absolute Gasteiger partial charge is 0.500 e. The van der Waals surface area contributed by atoms with E-state index in [0.29, 0.717) is 38.9 Å². The summed E-state index contributed by atoms with van der Waals surface area (Å²) in [5.74, 6) is 0. The predicted molar refractivity (Wildman–Crippen MR) is 103 cm³/mol. The van der Waals surface area contributed by atoms with Gasteiger partial charge in [0.25, 0.3) is 0 Å². The standard InChI is InChI=1S/C16H31N3O8Si/c1-5-23-13-24-12-19-15(21)17-14(20)18(16(19)22)10-9-11-28(25-6-2,26-7-3)27-8-4/h5-13H2,1-4H3,(H,17,20,21). The van der Waals surface area contributed by atoms with E-state index in [-0.39, 0.29) is 20.1 Å². The van der Waals surface area contributed by atoms with Gasteiger partial charge in [-0.05, 0) is 34.1 Å². The van der Waals surface area contributed by atoms with Crippen LogP contribution in [0.2, 0.25) is 6.04 Å². The van der Waals surface area contributed by atoms with Crippen LogP contribution in [-0.4, -0.2) is 56.1 Å². The van der Waals surface area contributed by atoms with Crippen LogP contribution in [0.25, 0.3) is 0 Å². The summed E-state index contributed by atoms with van der Waals surface area (Å²) >= 11 is 0. The normalized spacial score (nSPS) is 11.9. The minimum Gasteiger partial charge on any atom is -0.374 e. The van der Waals surface area contributed by atoms with Gasteiger partial charge in [-0.25, -0.2) is 23.5 Å². The molecule has 0 aliphatic heterocycles. The Morgan fingerprint density at radius 1 is 0.821 bits per heavy atom. The quantitative estimate of drug-likeness (QED) is 0.240. The Morgan fingerprint density at radius 3 is 1.93 bits per heavy atom. The van der Waals surface area contributed by atoms with Gasteiger partial charge in [0.15, 0.2) is 0 Å². The van der Waals surface area contributed by atoms with Crippen molar-refractivity contribution in [1.82, 2.24) is 14.1 Å². The van der Waals surface area contributed by atoms with E-state index in [9.17, 15) is 14.4 Å². The van der Waals surface area contributed by atoms with Gasteiger partial charge in [0.05, 0.1) is 0 Å². The highest BCUT2D eigenvalue weighted by Gasteiger charge is 2.39. The van der Waals surface area contributed by atoms with Crippen LogP contribution in [0.15, 0.2) is 14.4 Å². The van der Waals surface area contributed by atoms with E-state index in [1.807, 2.05) is 20.8 Å². The summed E-state index contributed by atoms with van der Waals surface area (Å²) < 4.78 is 29.2. The fourth-order valence-electron chi connectivity index (χ4n) is 2.58. The van der Waals surface area contributed by atoms with Gasteiger partial charge in [-0.3, -0.25) is 4.98 Å². The molecule has 1 heterocycles. The maximum absolute atomic E-state index is 12.5. The van der Waals surface area contributed by atoms with E-state index in [4.69, 9.17) is 22.8 Å². The molecule has 1 aromatic heterocycles. The van der Waals surface area contributed by atoms with Crippen LogP contribution in [-0.2, 0) is 36.0 Å². The molecule has 0 spiro atoms. The first-order valence-corrected chi connectivity index (χ1v) is 11.4. The summed E-state index contributed by atoms with van der Waals surface area (Å²) in [5.41, 5.74) is -2.35. The van der Waals surface area contributed by atoms with Crippen LogP contribution >= 0.6 is 0 Å². The van der Waals surface area contributed by atoms with Crippen molar-refractivity contribution in [3.05, 3.63) is 31.5 Å². The van der Waals surface area contributed by atoms with Crippen molar-refractivity contribution < 1.29 is 22.8 Å². The predicted octanol–water partition coefficient (Wildman–Crippen LogP) is 0.105. The Bertz CT molecular complexity index is 728. The zero-order valence-electron chi connectivity index (χ0n) is 17.0. The molecular formula is C16H31N3O8Si. The Kier molecular flexibility index (Phi) is 11.2. The van der Waals surface area contributed by atoms with Gasteiger partial charge < -0.3 is 22.8 Å². The van der Waals surface area contributed by atoms with Gasteiger partial charge in [-0.15, -0.1) is 0 Å². The average molecular weight is 422 g/mol. The van der Waals surface area contributed by atoms with Crippen LogP contribution in [0.3, 0.4) is 0 Å². The SMILES string of the molecule is CCOCOCn1c(=O)[nH]c(=O)n(CCC[Si](OCC)(OCC)OCC)c1=O. The van der Waals surface area contributed by atoms with Crippen LogP contribution in [0, 0.1) is 0 Å². The third-order valence-electron chi connectivity index (χ3n) is 3.71. The fraction of sp³-hybridized carbons (Fsp3) is 0.812. The molecule has 0 bridgehead atoms. The summed E-state index contributed by atoms with van der Waals surface area (Å²) in [6.07, 6.45) is 0.410. The monoisotopic (exact) mass is 421 g/mol. The second-order valence-electron chi connectivity index (χ2n) is 5.63. The number of aromatic nitrogens is 3. The van der Waals surface area contributed by atoms with Crippen molar-refractivity contribution in [1.29, 1.82) is 0 Å². The Morgan fingerprint density at radius 2 is 1.39 bits per heavy atom. The molecule has 0 saturated carbocycles. The smallest absolute Gasteiger partial charge is 0.374 e. The highest BCUT2D eigenvalue weighted by Crippen LogP contribution is 2.18. The van der Waals surface area contributed by atoms with Gasteiger partial charge in [0, 0.05) is 39.0 Å². The lowest BCUT2D eigenvalue weighted by atomic mass is 10.5. The summed E-state index contributed by atoms with van der Waals surface area (Å²) in [4.78, 5) is 38.6. The van der Waals surface area contributed by atoms with Crippen molar-refractivity contribution in [2.75, 3.05) is 33.2 Å². The van der Waals surface area contributed by atoms with Gasteiger partial charge >= 0.3 is 25.9 Å². The molecule has 1 aromatic rings. The lowest BCUT2D eigenvalue weighted by molar-refractivity contribution is -0.0776. The topological polar surface area (TPSA) is 123 Å². The van der Waals surface area contributed by atoms with E-state index >= 15 is 0 Å². The van der Waals surface area contributed by atoms with Crippen molar-refractivity contribution in [3.8, 4) is 0 Å². The molecule has 0 aliphatic rings. The van der Waals surface area contributed by atoms with Gasteiger partial charge in [-0.2, -0.15) is 0 Å². The molecule has 0 fully saturated rings. The Hall–Kier alpha value is -1.57. The van der Waals surface area contributed by atoms with Crippen LogP contribution < -0.4 is 17.1 Å². The minimum atomic E-state index is -2.88. The van der Waals surface area contributed by atoms with Crippen molar-refractivity contribution >= 4 is 8.80 Å².